The average Bonchev–Trinajstić information content (AvgIpc) is 1.41. The van der Waals surface area contributed by atoms with Gasteiger partial charge in [-0.15, -0.1) is 0 Å². The maximum Gasteiger partial charge on any atom is 0.155 e. The summed E-state index contributed by atoms with van der Waals surface area (Å²) in [5.41, 5.74) is 0. The highest BCUT2D eigenvalue weighted by Crippen LogP contribution is 1.89. The van der Waals surface area contributed by atoms with Gasteiger partial charge in [-0.25, -0.2) is 0 Å². The van der Waals surface area contributed by atoms with Gasteiger partial charge in [0.25, 0.3) is 0 Å². The summed E-state index contributed by atoms with van der Waals surface area (Å²) in [5.74, 6) is 0. The number of rotatable bonds is 2. The first-order chi connectivity index (χ1) is 2.41. The van der Waals surface area contributed by atoms with Crippen LogP contribution >= 0.6 is 12.3 Å². The highest BCUT2D eigenvalue weighted by molar-refractivity contribution is 7.88. The first kappa shape index (κ1) is 5.27. The summed E-state index contributed by atoms with van der Waals surface area (Å²) in [4.78, 5) is 0. The maximum absolute atomic E-state index is 7.76. The van der Waals surface area contributed by atoms with Crippen LogP contribution in [0.25, 0.3) is 0 Å². The Balaban J connectivity index is 2.19. The van der Waals surface area contributed by atoms with Crippen molar-refractivity contribution in [1.29, 1.82) is 0 Å². The van der Waals surface area contributed by atoms with Gasteiger partial charge in [0.2, 0.25) is 0 Å². The average molecular weight is 94.1 g/mol. The van der Waals surface area contributed by atoms with Crippen molar-refractivity contribution in [2.45, 2.75) is 6.92 Å². The van der Waals surface area contributed by atoms with E-state index >= 15 is 0 Å². The molecular weight excluding hydrogens is 88.1 g/mol. The van der Waals surface area contributed by atoms with Crippen molar-refractivity contribution in [2.24, 2.45) is 0 Å². The van der Waals surface area contributed by atoms with Crippen molar-refractivity contribution in [3.8, 4) is 0 Å². The highest BCUT2D eigenvalue weighted by atomic mass is 32.2. The predicted octanol–water partition coefficient (Wildman–Crippen LogP) is 1.14. The summed E-state index contributed by atoms with van der Waals surface area (Å²) in [5, 5.41) is 0. The van der Waals surface area contributed by atoms with Gasteiger partial charge in [0.15, 0.2) is 12.3 Å². The Morgan fingerprint density at radius 1 is 2.00 bits per heavy atom. The molecule has 0 aromatic rings. The molecule has 0 spiro atoms. The van der Waals surface area contributed by atoms with Crippen LogP contribution in [0, 0.1) is 0 Å². The van der Waals surface area contributed by atoms with Crippen molar-refractivity contribution in [1.82, 2.24) is 0 Å². The van der Waals surface area contributed by atoms with E-state index in [-0.39, 0.29) is 0 Å². The second-order valence-electron chi connectivity index (χ2n) is 0.481. The third kappa shape index (κ3) is 4.27. The van der Waals surface area contributed by atoms with E-state index in [9.17, 15) is 0 Å². The first-order valence-corrected chi connectivity index (χ1v) is 2.04. The lowest BCUT2D eigenvalue weighted by molar-refractivity contribution is 0.366. The Morgan fingerprint density at radius 3 is 2.60 bits per heavy atom. The van der Waals surface area contributed by atoms with Gasteiger partial charge in [0.05, 0.1) is 6.61 Å². The summed E-state index contributed by atoms with van der Waals surface area (Å²) < 4.78 is 12.1. The van der Waals surface area contributed by atoms with Crippen LogP contribution in [-0.2, 0) is 4.18 Å². The summed E-state index contributed by atoms with van der Waals surface area (Å²) in [7, 11) is 0. The van der Waals surface area contributed by atoms with Crippen LogP contribution in [0.3, 0.4) is 0 Å². The summed E-state index contributed by atoms with van der Waals surface area (Å²) in [6.07, 6.45) is 0. The third-order valence-corrected chi connectivity index (χ3v) is 0.512. The van der Waals surface area contributed by atoms with Gasteiger partial charge in [0.1, 0.15) is 0 Å². The molecule has 0 heterocycles. The lowest BCUT2D eigenvalue weighted by Gasteiger charge is -1.82. The Hall–Kier alpha value is 0.270. The molecule has 0 unspecified atom stereocenters. The smallest absolute Gasteiger partial charge is 0.155 e. The minimum atomic E-state index is 0.402. The van der Waals surface area contributed by atoms with Crippen LogP contribution < -0.4 is 0 Å². The van der Waals surface area contributed by atoms with E-state index in [2.05, 4.69) is 4.18 Å². The van der Waals surface area contributed by atoms with Crippen molar-refractivity contribution in [2.75, 3.05) is 6.61 Å². The summed E-state index contributed by atoms with van der Waals surface area (Å²) in [6.45, 7) is 2.37. The van der Waals surface area contributed by atoms with E-state index in [1.165, 1.54) is 0 Å². The maximum atomic E-state index is 7.76. The molecule has 2 nitrogen and oxygen atoms in total. The molecule has 0 aliphatic rings. The van der Waals surface area contributed by atoms with Crippen LogP contribution in [0.15, 0.2) is 0 Å². The van der Waals surface area contributed by atoms with Gasteiger partial charge in [-0.1, -0.05) is 0 Å². The first-order valence-electron chi connectivity index (χ1n) is 1.35. The molecule has 0 atom stereocenters. The summed E-state index contributed by atoms with van der Waals surface area (Å²) >= 11 is 0.402. The number of hydrogen-bond acceptors (Lipinski definition) is 3. The molecule has 0 saturated carbocycles. The van der Waals surface area contributed by atoms with Gasteiger partial charge in [0, 0.05) is 0 Å². The van der Waals surface area contributed by atoms with Gasteiger partial charge in [-0.3, -0.25) is 4.18 Å². The molecule has 0 rings (SSSR count). The van der Waals surface area contributed by atoms with E-state index in [0.29, 0.717) is 18.9 Å². The molecule has 0 saturated heterocycles. The van der Waals surface area contributed by atoms with Crippen molar-refractivity contribution >= 4 is 12.3 Å². The SMILES string of the molecule is CCOSO. The van der Waals surface area contributed by atoms with Crippen molar-refractivity contribution in [3.05, 3.63) is 0 Å². The van der Waals surface area contributed by atoms with Gasteiger partial charge in [-0.05, 0) is 6.92 Å². The zero-order valence-corrected chi connectivity index (χ0v) is 3.79. The van der Waals surface area contributed by atoms with Crippen molar-refractivity contribution in [3.63, 3.8) is 0 Å². The fourth-order valence-electron chi connectivity index (χ4n) is 0.0527. The quantitative estimate of drug-likeness (QED) is 0.520. The molecule has 0 aliphatic heterocycles. The van der Waals surface area contributed by atoms with E-state index < -0.39 is 0 Å². The second kappa shape index (κ2) is 4.27. The van der Waals surface area contributed by atoms with E-state index in [1.54, 1.807) is 0 Å². The molecule has 1 N–H and O–H groups in total. The molecule has 5 heavy (non-hydrogen) atoms. The van der Waals surface area contributed by atoms with Crippen LogP contribution in [0.4, 0.5) is 0 Å². The van der Waals surface area contributed by atoms with Crippen LogP contribution in [-0.4, -0.2) is 11.2 Å². The molecule has 0 aliphatic carbocycles. The monoisotopic (exact) mass is 94.0 g/mol. The molecule has 0 aromatic heterocycles. The zero-order valence-electron chi connectivity index (χ0n) is 2.97. The Morgan fingerprint density at radius 2 is 2.60 bits per heavy atom. The Labute approximate surface area is 35.6 Å². The van der Waals surface area contributed by atoms with Crippen LogP contribution in [0.5, 0.6) is 0 Å². The molecule has 3 heteroatoms. The van der Waals surface area contributed by atoms with Gasteiger partial charge >= 0.3 is 0 Å². The zero-order chi connectivity index (χ0) is 4.12. The van der Waals surface area contributed by atoms with Crippen LogP contribution in [0.2, 0.25) is 0 Å². The minimum absolute atomic E-state index is 0.402. The van der Waals surface area contributed by atoms with E-state index in [1.807, 2.05) is 6.92 Å². The molecular formula is C2H6O2S. The normalized spacial score (nSPS) is 8.40. The molecule has 0 radical (unpaired) electrons. The topological polar surface area (TPSA) is 29.5 Å². The molecule has 0 aromatic carbocycles. The fraction of sp³-hybridized carbons (Fsp3) is 1.00. The minimum Gasteiger partial charge on any atom is -0.307 e. The van der Waals surface area contributed by atoms with Crippen molar-refractivity contribution < 1.29 is 8.74 Å². The molecule has 32 valence electrons. The largest absolute Gasteiger partial charge is 0.307 e. The summed E-state index contributed by atoms with van der Waals surface area (Å²) in [6, 6.07) is 0. The molecule has 0 amide bonds. The lowest BCUT2D eigenvalue weighted by Crippen LogP contribution is -1.71. The standard InChI is InChI=1S/C2H6O2S/c1-2-4-5-3/h3H,2H2,1H3. The van der Waals surface area contributed by atoms with Gasteiger partial charge < -0.3 is 4.55 Å². The van der Waals surface area contributed by atoms with Gasteiger partial charge in [-0.2, -0.15) is 0 Å². The third-order valence-electron chi connectivity index (χ3n) is 0.171. The Kier molecular flexibility index (Phi) is 4.50. The second-order valence-corrected chi connectivity index (χ2v) is 0.866. The van der Waals surface area contributed by atoms with Crippen LogP contribution in [0.1, 0.15) is 6.92 Å². The molecule has 0 bridgehead atoms. The lowest BCUT2D eigenvalue weighted by atomic mass is 10.9. The fourth-order valence-corrected chi connectivity index (χ4v) is 0.158. The predicted molar refractivity (Wildman–Crippen MR) is 21.8 cm³/mol. The highest BCUT2D eigenvalue weighted by Gasteiger charge is 1.67. The van der Waals surface area contributed by atoms with E-state index in [0.717, 1.165) is 0 Å². The van der Waals surface area contributed by atoms with E-state index in [4.69, 9.17) is 4.55 Å². The number of hydrogen-bond donors (Lipinski definition) is 1. The molecule has 0 fully saturated rings. The Bertz CT molecular complexity index is 15.1.